The highest BCUT2D eigenvalue weighted by Crippen LogP contribution is 2.40. The van der Waals surface area contributed by atoms with E-state index in [1.807, 2.05) is 0 Å². The summed E-state index contributed by atoms with van der Waals surface area (Å²) >= 11 is 0. The number of hydrogen-bond donors (Lipinski definition) is 1. The molecule has 0 spiro atoms. The van der Waals surface area contributed by atoms with E-state index in [-0.39, 0.29) is 12.5 Å². The van der Waals surface area contributed by atoms with Crippen LogP contribution >= 0.6 is 0 Å². The molecule has 1 aliphatic carbocycles. The van der Waals surface area contributed by atoms with Crippen molar-refractivity contribution in [2.45, 2.75) is 37.9 Å². The predicted molar refractivity (Wildman–Crippen MR) is 54.6 cm³/mol. The third-order valence-corrected chi connectivity index (χ3v) is 3.94. The van der Waals surface area contributed by atoms with E-state index in [0.29, 0.717) is 25.7 Å². The Morgan fingerprint density at radius 1 is 1.17 bits per heavy atom. The summed E-state index contributed by atoms with van der Waals surface area (Å²) in [7, 11) is 0. The first-order valence-corrected chi connectivity index (χ1v) is 5.91. The van der Waals surface area contributed by atoms with E-state index in [1.165, 1.54) is 0 Å². The lowest BCUT2D eigenvalue weighted by molar-refractivity contribution is -0.187. The van der Waals surface area contributed by atoms with E-state index in [1.54, 1.807) is 0 Å². The zero-order chi connectivity index (χ0) is 13.5. The minimum absolute atomic E-state index is 0.0833. The van der Waals surface area contributed by atoms with Gasteiger partial charge in [-0.15, -0.1) is 0 Å². The second-order valence-corrected chi connectivity index (χ2v) is 4.96. The number of carboxylic acid groups (broad SMARTS) is 1. The number of amides is 1. The maximum absolute atomic E-state index is 12.4. The quantitative estimate of drug-likeness (QED) is 0.784. The van der Waals surface area contributed by atoms with Gasteiger partial charge in [0.25, 0.3) is 0 Å². The number of carbonyl (C=O) groups is 2. The van der Waals surface area contributed by atoms with Gasteiger partial charge in [-0.3, -0.25) is 9.59 Å². The highest BCUT2D eigenvalue weighted by Gasteiger charge is 2.50. The van der Waals surface area contributed by atoms with Crippen molar-refractivity contribution in [2.75, 3.05) is 6.54 Å². The Kier molecular flexibility index (Phi) is 3.25. The van der Waals surface area contributed by atoms with Gasteiger partial charge in [-0.1, -0.05) is 0 Å². The molecule has 2 rings (SSSR count). The molecule has 102 valence electrons. The van der Waals surface area contributed by atoms with Crippen LogP contribution in [0, 0.1) is 11.8 Å². The molecule has 4 nitrogen and oxygen atoms in total. The number of halogens is 3. The van der Waals surface area contributed by atoms with Gasteiger partial charge in [0, 0.05) is 12.6 Å². The number of aliphatic carboxylic acids is 1. The minimum Gasteiger partial charge on any atom is -0.481 e. The van der Waals surface area contributed by atoms with Crippen molar-refractivity contribution in [3.63, 3.8) is 0 Å². The Hall–Kier alpha value is -1.27. The van der Waals surface area contributed by atoms with E-state index in [2.05, 4.69) is 0 Å². The number of fused-ring (bicyclic) bond motifs is 1. The maximum Gasteiger partial charge on any atom is 0.471 e. The molecule has 1 saturated heterocycles. The van der Waals surface area contributed by atoms with Crippen molar-refractivity contribution in [1.29, 1.82) is 0 Å². The maximum atomic E-state index is 12.4. The average Bonchev–Trinajstić information content (AvgIpc) is 2.68. The average molecular weight is 265 g/mol. The third kappa shape index (κ3) is 2.30. The molecule has 1 heterocycles. The highest BCUT2D eigenvalue weighted by atomic mass is 19.4. The van der Waals surface area contributed by atoms with Gasteiger partial charge in [-0.25, -0.2) is 0 Å². The van der Waals surface area contributed by atoms with Crippen molar-refractivity contribution >= 4 is 11.9 Å². The molecule has 1 N–H and O–H groups in total. The van der Waals surface area contributed by atoms with Crippen LogP contribution in [0.15, 0.2) is 0 Å². The molecule has 0 aromatic carbocycles. The van der Waals surface area contributed by atoms with E-state index in [9.17, 15) is 22.8 Å². The molecule has 7 heteroatoms. The number of carboxylic acids is 1. The van der Waals surface area contributed by atoms with Gasteiger partial charge >= 0.3 is 18.1 Å². The van der Waals surface area contributed by atoms with Crippen molar-refractivity contribution < 1.29 is 27.9 Å². The summed E-state index contributed by atoms with van der Waals surface area (Å²) in [6, 6.07) is -0.435. The molecular weight excluding hydrogens is 251 g/mol. The monoisotopic (exact) mass is 265 g/mol. The van der Waals surface area contributed by atoms with Gasteiger partial charge in [0.15, 0.2) is 0 Å². The number of rotatable bonds is 1. The van der Waals surface area contributed by atoms with E-state index in [4.69, 9.17) is 5.11 Å². The second-order valence-electron chi connectivity index (χ2n) is 4.96. The first-order valence-electron chi connectivity index (χ1n) is 5.91. The lowest BCUT2D eigenvalue weighted by Crippen LogP contribution is -2.47. The van der Waals surface area contributed by atoms with Crippen molar-refractivity contribution in [1.82, 2.24) is 4.90 Å². The molecule has 3 atom stereocenters. The first-order chi connectivity index (χ1) is 8.30. The molecular formula is C11H14F3NO3. The fourth-order valence-electron chi connectivity index (χ4n) is 3.08. The molecule has 0 aromatic heterocycles. The van der Waals surface area contributed by atoms with Gasteiger partial charge in [0.05, 0.1) is 5.92 Å². The molecule has 0 radical (unpaired) electrons. The van der Waals surface area contributed by atoms with Gasteiger partial charge in [0.1, 0.15) is 0 Å². The van der Waals surface area contributed by atoms with E-state index < -0.39 is 30.0 Å². The second kappa shape index (κ2) is 4.44. The molecule has 2 aliphatic rings. The molecule has 3 unspecified atom stereocenters. The summed E-state index contributed by atoms with van der Waals surface area (Å²) in [6.07, 6.45) is -3.29. The molecule has 1 aliphatic heterocycles. The molecule has 0 bridgehead atoms. The van der Waals surface area contributed by atoms with E-state index in [0.717, 1.165) is 4.90 Å². The summed E-state index contributed by atoms with van der Waals surface area (Å²) < 4.78 is 37.1. The van der Waals surface area contributed by atoms with Crippen LogP contribution in [0.2, 0.25) is 0 Å². The minimum atomic E-state index is -4.83. The zero-order valence-corrected chi connectivity index (χ0v) is 9.61. The zero-order valence-electron chi connectivity index (χ0n) is 9.61. The molecule has 0 aromatic rings. The normalized spacial score (nSPS) is 32.2. The Morgan fingerprint density at radius 2 is 1.83 bits per heavy atom. The number of nitrogens with zero attached hydrogens (tertiary/aromatic N) is 1. The molecule has 2 fully saturated rings. The van der Waals surface area contributed by atoms with Crippen LogP contribution in [-0.2, 0) is 9.59 Å². The lowest BCUT2D eigenvalue weighted by atomic mass is 9.78. The summed E-state index contributed by atoms with van der Waals surface area (Å²) in [4.78, 5) is 23.0. The predicted octanol–water partition coefficient (Wildman–Crippen LogP) is 1.65. The number of carbonyl (C=O) groups excluding carboxylic acids is 1. The SMILES string of the molecule is O=C(O)C1CCC2C(CCN2C(=O)C(F)(F)F)C1. The summed E-state index contributed by atoms with van der Waals surface area (Å²) in [5, 5.41) is 8.90. The highest BCUT2D eigenvalue weighted by molar-refractivity contribution is 5.82. The summed E-state index contributed by atoms with van der Waals surface area (Å²) in [5.74, 6) is -3.27. The molecule has 1 amide bonds. The fraction of sp³-hybridized carbons (Fsp3) is 0.818. The number of hydrogen-bond acceptors (Lipinski definition) is 2. The van der Waals surface area contributed by atoms with Crippen LogP contribution in [0.1, 0.15) is 25.7 Å². The van der Waals surface area contributed by atoms with Crippen LogP contribution in [-0.4, -0.2) is 40.6 Å². The Bertz CT molecular complexity index is 369. The lowest BCUT2D eigenvalue weighted by Gasteiger charge is -2.34. The van der Waals surface area contributed by atoms with E-state index >= 15 is 0 Å². The van der Waals surface area contributed by atoms with Crippen molar-refractivity contribution in [3.05, 3.63) is 0 Å². The third-order valence-electron chi connectivity index (χ3n) is 3.94. The Morgan fingerprint density at radius 3 is 2.39 bits per heavy atom. The van der Waals surface area contributed by atoms with Gasteiger partial charge in [-0.05, 0) is 31.6 Å². The smallest absolute Gasteiger partial charge is 0.471 e. The van der Waals surface area contributed by atoms with Crippen LogP contribution in [0.3, 0.4) is 0 Å². The summed E-state index contributed by atoms with van der Waals surface area (Å²) in [6.45, 7) is 0.0833. The molecule has 1 saturated carbocycles. The van der Waals surface area contributed by atoms with Gasteiger partial charge in [0.2, 0.25) is 0 Å². The first kappa shape index (κ1) is 13.2. The largest absolute Gasteiger partial charge is 0.481 e. The van der Waals surface area contributed by atoms with Crippen molar-refractivity contribution in [2.24, 2.45) is 11.8 Å². The van der Waals surface area contributed by atoms with Gasteiger partial charge in [-0.2, -0.15) is 13.2 Å². The number of likely N-dealkylation sites (tertiary alicyclic amines) is 1. The van der Waals surface area contributed by atoms with Crippen LogP contribution in [0.4, 0.5) is 13.2 Å². The van der Waals surface area contributed by atoms with Crippen LogP contribution in [0.25, 0.3) is 0 Å². The summed E-state index contributed by atoms with van der Waals surface area (Å²) in [5.41, 5.74) is 0. The van der Waals surface area contributed by atoms with Crippen LogP contribution in [0.5, 0.6) is 0 Å². The van der Waals surface area contributed by atoms with Gasteiger partial charge < -0.3 is 10.0 Å². The number of alkyl halides is 3. The van der Waals surface area contributed by atoms with Crippen molar-refractivity contribution in [3.8, 4) is 0 Å². The molecule has 18 heavy (non-hydrogen) atoms. The Labute approximate surface area is 102 Å². The Balaban J connectivity index is 2.05. The van der Waals surface area contributed by atoms with Crippen LogP contribution < -0.4 is 0 Å². The fourth-order valence-corrected chi connectivity index (χ4v) is 3.08. The standard InChI is InChI=1S/C11H14F3NO3/c12-11(13,14)10(18)15-4-3-6-5-7(9(16)17)1-2-8(6)15/h6-8H,1-5H2,(H,16,17). The topological polar surface area (TPSA) is 57.6 Å².